The lowest BCUT2D eigenvalue weighted by atomic mass is 9.97. The Balaban J connectivity index is 1.44. The van der Waals surface area contributed by atoms with Crippen molar-refractivity contribution >= 4 is 6.03 Å². The highest BCUT2D eigenvalue weighted by molar-refractivity contribution is 5.74. The van der Waals surface area contributed by atoms with Crippen LogP contribution in [0.1, 0.15) is 44.2 Å². The number of nitrogens with zero attached hydrogens (tertiary/aromatic N) is 3. The molecule has 1 atom stereocenters. The molecule has 5 heteroatoms. The van der Waals surface area contributed by atoms with Crippen LogP contribution < -0.4 is 5.32 Å². The van der Waals surface area contributed by atoms with Crippen molar-refractivity contribution in [1.82, 2.24) is 20.1 Å². The van der Waals surface area contributed by atoms with Gasteiger partial charge in [0.15, 0.2) is 0 Å². The van der Waals surface area contributed by atoms with E-state index in [2.05, 4.69) is 26.2 Å². The Kier molecular flexibility index (Phi) is 6.47. The van der Waals surface area contributed by atoms with Crippen molar-refractivity contribution in [3.63, 3.8) is 0 Å². The molecule has 2 aliphatic rings. The van der Waals surface area contributed by atoms with Gasteiger partial charge in [-0.2, -0.15) is 0 Å². The van der Waals surface area contributed by atoms with Gasteiger partial charge in [0.25, 0.3) is 0 Å². The minimum absolute atomic E-state index is 0.125. The lowest BCUT2D eigenvalue weighted by Gasteiger charge is -2.36. The van der Waals surface area contributed by atoms with E-state index in [0.29, 0.717) is 6.04 Å². The van der Waals surface area contributed by atoms with E-state index in [4.69, 9.17) is 0 Å². The SMILES string of the molecule is O=C(NCCN1CCCC1)N1CCCC[C@H]1CCc1ccccn1. The average molecular weight is 330 g/mol. The van der Waals surface area contributed by atoms with Crippen LogP contribution in [-0.2, 0) is 6.42 Å². The topological polar surface area (TPSA) is 48.5 Å². The summed E-state index contributed by atoms with van der Waals surface area (Å²) in [7, 11) is 0. The molecule has 132 valence electrons. The van der Waals surface area contributed by atoms with Gasteiger partial charge in [-0.25, -0.2) is 4.79 Å². The first kappa shape index (κ1) is 17.2. The molecule has 24 heavy (non-hydrogen) atoms. The smallest absolute Gasteiger partial charge is 0.317 e. The molecule has 0 radical (unpaired) electrons. The number of pyridine rings is 1. The molecule has 1 aromatic rings. The molecule has 2 saturated heterocycles. The van der Waals surface area contributed by atoms with Crippen LogP contribution >= 0.6 is 0 Å². The summed E-state index contributed by atoms with van der Waals surface area (Å²) in [6, 6.07) is 6.53. The Bertz CT molecular complexity index is 501. The second-order valence-corrected chi connectivity index (χ2v) is 6.98. The van der Waals surface area contributed by atoms with E-state index in [0.717, 1.165) is 51.0 Å². The van der Waals surface area contributed by atoms with E-state index in [-0.39, 0.29) is 6.03 Å². The second kappa shape index (κ2) is 9.02. The van der Waals surface area contributed by atoms with E-state index in [9.17, 15) is 4.79 Å². The normalized spacial score (nSPS) is 21.8. The summed E-state index contributed by atoms with van der Waals surface area (Å²) in [6.07, 6.45) is 9.88. The first-order valence-corrected chi connectivity index (χ1v) is 9.49. The molecule has 3 rings (SSSR count). The van der Waals surface area contributed by atoms with Crippen LogP contribution in [-0.4, -0.2) is 59.6 Å². The number of urea groups is 1. The van der Waals surface area contributed by atoms with Gasteiger partial charge in [-0.3, -0.25) is 4.98 Å². The van der Waals surface area contributed by atoms with Gasteiger partial charge in [-0.15, -0.1) is 0 Å². The maximum Gasteiger partial charge on any atom is 0.317 e. The zero-order valence-corrected chi connectivity index (χ0v) is 14.6. The number of likely N-dealkylation sites (tertiary alicyclic amines) is 2. The molecule has 2 aliphatic heterocycles. The van der Waals surface area contributed by atoms with Gasteiger partial charge in [0.2, 0.25) is 0 Å². The molecule has 0 aliphatic carbocycles. The molecular weight excluding hydrogens is 300 g/mol. The zero-order valence-electron chi connectivity index (χ0n) is 14.6. The maximum absolute atomic E-state index is 12.6. The number of hydrogen-bond donors (Lipinski definition) is 1. The van der Waals surface area contributed by atoms with Gasteiger partial charge >= 0.3 is 6.03 Å². The Morgan fingerprint density at radius 3 is 2.79 bits per heavy atom. The van der Waals surface area contributed by atoms with E-state index < -0.39 is 0 Å². The molecule has 1 N–H and O–H groups in total. The molecular formula is C19H30N4O. The number of piperidine rings is 1. The first-order valence-electron chi connectivity index (χ1n) is 9.49. The lowest BCUT2D eigenvalue weighted by Crippen LogP contribution is -2.50. The fourth-order valence-corrected chi connectivity index (χ4v) is 3.86. The van der Waals surface area contributed by atoms with E-state index in [1.807, 2.05) is 18.3 Å². The molecule has 0 aromatic carbocycles. The van der Waals surface area contributed by atoms with Crippen LogP contribution in [0.3, 0.4) is 0 Å². The van der Waals surface area contributed by atoms with Gasteiger partial charge in [-0.1, -0.05) is 6.07 Å². The Morgan fingerprint density at radius 1 is 1.17 bits per heavy atom. The third-order valence-corrected chi connectivity index (χ3v) is 5.25. The van der Waals surface area contributed by atoms with E-state index in [1.54, 1.807) is 0 Å². The second-order valence-electron chi connectivity index (χ2n) is 6.98. The van der Waals surface area contributed by atoms with E-state index >= 15 is 0 Å². The predicted octanol–water partition coefficient (Wildman–Crippen LogP) is 2.67. The highest BCUT2D eigenvalue weighted by atomic mass is 16.2. The molecule has 0 spiro atoms. The van der Waals surface area contributed by atoms with Gasteiger partial charge in [0, 0.05) is 37.6 Å². The quantitative estimate of drug-likeness (QED) is 0.872. The van der Waals surface area contributed by atoms with Gasteiger partial charge in [-0.05, 0) is 70.2 Å². The molecule has 1 aromatic heterocycles. The molecule has 0 saturated carbocycles. The third kappa shape index (κ3) is 4.94. The Hall–Kier alpha value is -1.62. The summed E-state index contributed by atoms with van der Waals surface area (Å²) in [5, 5.41) is 3.14. The summed E-state index contributed by atoms with van der Waals surface area (Å²) in [5.41, 5.74) is 1.12. The molecule has 0 unspecified atom stereocenters. The van der Waals surface area contributed by atoms with Crippen molar-refractivity contribution in [3.05, 3.63) is 30.1 Å². The molecule has 3 heterocycles. The number of carbonyl (C=O) groups is 1. The maximum atomic E-state index is 12.6. The predicted molar refractivity (Wildman–Crippen MR) is 96.0 cm³/mol. The molecule has 2 amide bonds. The number of amides is 2. The van der Waals surface area contributed by atoms with Gasteiger partial charge < -0.3 is 15.1 Å². The highest BCUT2D eigenvalue weighted by Gasteiger charge is 2.26. The Morgan fingerprint density at radius 2 is 2.00 bits per heavy atom. The van der Waals surface area contributed by atoms with Crippen molar-refractivity contribution in [2.24, 2.45) is 0 Å². The number of nitrogens with one attached hydrogen (secondary N) is 1. The first-order chi connectivity index (χ1) is 11.8. The largest absolute Gasteiger partial charge is 0.337 e. The van der Waals surface area contributed by atoms with Crippen molar-refractivity contribution < 1.29 is 4.79 Å². The van der Waals surface area contributed by atoms with Crippen LogP contribution in [0.15, 0.2) is 24.4 Å². The van der Waals surface area contributed by atoms with Crippen LogP contribution in [0.2, 0.25) is 0 Å². The monoisotopic (exact) mass is 330 g/mol. The lowest BCUT2D eigenvalue weighted by molar-refractivity contribution is 0.145. The van der Waals surface area contributed by atoms with Crippen LogP contribution in [0.5, 0.6) is 0 Å². The number of rotatable bonds is 6. The molecule has 0 bridgehead atoms. The van der Waals surface area contributed by atoms with Crippen LogP contribution in [0.4, 0.5) is 4.79 Å². The van der Waals surface area contributed by atoms with Gasteiger partial charge in [0.1, 0.15) is 0 Å². The number of aryl methyl sites for hydroxylation is 1. The highest BCUT2D eigenvalue weighted by Crippen LogP contribution is 2.21. The van der Waals surface area contributed by atoms with E-state index in [1.165, 1.54) is 32.4 Å². The van der Waals surface area contributed by atoms with Gasteiger partial charge in [0.05, 0.1) is 0 Å². The van der Waals surface area contributed by atoms with Crippen molar-refractivity contribution in [3.8, 4) is 0 Å². The number of hydrogen-bond acceptors (Lipinski definition) is 3. The third-order valence-electron chi connectivity index (χ3n) is 5.25. The summed E-state index contributed by atoms with van der Waals surface area (Å²) >= 11 is 0. The van der Waals surface area contributed by atoms with Crippen molar-refractivity contribution in [2.45, 2.75) is 51.0 Å². The minimum Gasteiger partial charge on any atom is -0.337 e. The number of aromatic nitrogens is 1. The van der Waals surface area contributed by atoms with Crippen LogP contribution in [0.25, 0.3) is 0 Å². The minimum atomic E-state index is 0.125. The molecule has 5 nitrogen and oxygen atoms in total. The van der Waals surface area contributed by atoms with Crippen LogP contribution in [0, 0.1) is 0 Å². The number of carbonyl (C=O) groups excluding carboxylic acids is 1. The summed E-state index contributed by atoms with van der Waals surface area (Å²) < 4.78 is 0. The Labute approximate surface area is 145 Å². The fraction of sp³-hybridized carbons (Fsp3) is 0.684. The van der Waals surface area contributed by atoms with Crippen molar-refractivity contribution in [2.75, 3.05) is 32.7 Å². The summed E-state index contributed by atoms with van der Waals surface area (Å²) in [5.74, 6) is 0. The summed E-state index contributed by atoms with van der Waals surface area (Å²) in [4.78, 5) is 21.5. The standard InChI is InChI=1S/C19H30N4O/c24-19(21-12-16-22-13-5-6-14-22)23-15-4-2-8-18(23)10-9-17-7-1-3-11-20-17/h1,3,7,11,18H,2,4-6,8-10,12-16H2,(H,21,24)/t18-/m0/s1. The van der Waals surface area contributed by atoms with Crippen molar-refractivity contribution in [1.29, 1.82) is 0 Å². The summed E-state index contributed by atoms with van der Waals surface area (Å²) in [6.45, 7) is 5.02. The fourth-order valence-electron chi connectivity index (χ4n) is 3.86. The molecule has 2 fully saturated rings. The zero-order chi connectivity index (χ0) is 16.6. The average Bonchev–Trinajstić information content (AvgIpc) is 3.14.